The van der Waals surface area contributed by atoms with E-state index in [4.69, 9.17) is 4.74 Å². The molecule has 0 radical (unpaired) electrons. The Hall–Kier alpha value is -2.51. The fourth-order valence-electron chi connectivity index (χ4n) is 1.49. The summed E-state index contributed by atoms with van der Waals surface area (Å²) in [7, 11) is 1.40. The number of aromatic hydroxyl groups is 1. The Labute approximate surface area is 111 Å². The topological polar surface area (TPSA) is 64.5 Å². The van der Waals surface area contributed by atoms with Gasteiger partial charge in [-0.1, -0.05) is 0 Å². The summed E-state index contributed by atoms with van der Waals surface area (Å²) in [4.78, 5) is 0. The largest absolute Gasteiger partial charge is 0.573 e. The molecule has 1 aromatic heterocycles. The maximum atomic E-state index is 12.1. The second-order valence-electron chi connectivity index (χ2n) is 3.69. The van der Waals surface area contributed by atoms with E-state index in [9.17, 15) is 18.3 Å². The predicted octanol–water partition coefficient (Wildman–Crippen LogP) is 2.76. The molecule has 0 aliphatic carbocycles. The van der Waals surface area contributed by atoms with Gasteiger partial charge in [0, 0.05) is 11.6 Å². The number of hydrogen-bond acceptors (Lipinski definition) is 5. The molecule has 0 unspecified atom stereocenters. The first kappa shape index (κ1) is 13.9. The highest BCUT2D eigenvalue weighted by Crippen LogP contribution is 2.33. The van der Waals surface area contributed by atoms with Crippen molar-refractivity contribution in [3.8, 4) is 28.6 Å². The van der Waals surface area contributed by atoms with Crippen LogP contribution < -0.4 is 9.47 Å². The third kappa shape index (κ3) is 3.28. The highest BCUT2D eigenvalue weighted by molar-refractivity contribution is 5.68. The van der Waals surface area contributed by atoms with Crippen molar-refractivity contribution in [2.24, 2.45) is 0 Å². The molecule has 0 aliphatic heterocycles. The van der Waals surface area contributed by atoms with Gasteiger partial charge < -0.3 is 14.6 Å². The summed E-state index contributed by atoms with van der Waals surface area (Å²) in [6.07, 6.45) is -4.81. The molecule has 0 aliphatic rings. The Morgan fingerprint density at radius 1 is 1.10 bits per heavy atom. The molecule has 0 saturated carbocycles. The number of halogens is 3. The first-order valence-electron chi connectivity index (χ1n) is 5.36. The third-order valence-electron chi connectivity index (χ3n) is 2.33. The van der Waals surface area contributed by atoms with Crippen LogP contribution in [0, 0.1) is 0 Å². The SMILES string of the molecule is COc1ccc(-c2cc(OC(F)(F)F)ccc2O)nn1. The third-order valence-corrected chi connectivity index (χ3v) is 2.33. The first-order valence-corrected chi connectivity index (χ1v) is 5.36. The smallest absolute Gasteiger partial charge is 0.507 e. The molecule has 0 spiro atoms. The van der Waals surface area contributed by atoms with Crippen molar-refractivity contribution in [3.63, 3.8) is 0 Å². The molecule has 2 aromatic rings. The van der Waals surface area contributed by atoms with Crippen LogP contribution in [0.5, 0.6) is 17.4 Å². The molecular formula is C12H9F3N2O3. The average molecular weight is 286 g/mol. The normalized spacial score (nSPS) is 11.2. The number of alkyl halides is 3. The average Bonchev–Trinajstić information content (AvgIpc) is 2.40. The van der Waals surface area contributed by atoms with E-state index in [1.54, 1.807) is 0 Å². The van der Waals surface area contributed by atoms with E-state index in [1.165, 1.54) is 19.2 Å². The van der Waals surface area contributed by atoms with Gasteiger partial charge in [0.2, 0.25) is 5.88 Å². The van der Waals surface area contributed by atoms with Crippen molar-refractivity contribution in [1.82, 2.24) is 10.2 Å². The molecule has 20 heavy (non-hydrogen) atoms. The molecule has 0 bridgehead atoms. The van der Waals surface area contributed by atoms with Gasteiger partial charge in [0.05, 0.1) is 12.8 Å². The lowest BCUT2D eigenvalue weighted by Gasteiger charge is -2.11. The Balaban J connectivity index is 2.36. The van der Waals surface area contributed by atoms with Gasteiger partial charge in [-0.2, -0.15) is 0 Å². The highest BCUT2D eigenvalue weighted by Gasteiger charge is 2.31. The van der Waals surface area contributed by atoms with E-state index in [0.717, 1.165) is 18.2 Å². The zero-order chi connectivity index (χ0) is 14.8. The zero-order valence-electron chi connectivity index (χ0n) is 10.2. The maximum Gasteiger partial charge on any atom is 0.573 e. The van der Waals surface area contributed by atoms with Gasteiger partial charge in [0.1, 0.15) is 11.5 Å². The lowest BCUT2D eigenvalue weighted by molar-refractivity contribution is -0.274. The van der Waals surface area contributed by atoms with Crippen LogP contribution in [0.1, 0.15) is 0 Å². The zero-order valence-corrected chi connectivity index (χ0v) is 10.2. The van der Waals surface area contributed by atoms with Crippen molar-refractivity contribution >= 4 is 0 Å². The monoisotopic (exact) mass is 286 g/mol. The van der Waals surface area contributed by atoms with Crippen molar-refractivity contribution in [2.75, 3.05) is 7.11 Å². The molecule has 8 heteroatoms. The molecule has 1 aromatic carbocycles. The van der Waals surface area contributed by atoms with E-state index < -0.39 is 12.1 Å². The van der Waals surface area contributed by atoms with Crippen LogP contribution in [-0.2, 0) is 0 Å². The predicted molar refractivity (Wildman–Crippen MR) is 62.4 cm³/mol. The first-order chi connectivity index (χ1) is 9.39. The Bertz CT molecular complexity index is 600. The quantitative estimate of drug-likeness (QED) is 0.939. The number of rotatable bonds is 3. The summed E-state index contributed by atoms with van der Waals surface area (Å²) in [5, 5.41) is 17.1. The fraction of sp³-hybridized carbons (Fsp3) is 0.167. The number of benzene rings is 1. The minimum absolute atomic E-state index is 0.0712. The number of nitrogens with zero attached hydrogens (tertiary/aromatic N) is 2. The van der Waals surface area contributed by atoms with Gasteiger partial charge in [0.25, 0.3) is 0 Å². The van der Waals surface area contributed by atoms with Crippen LogP contribution in [0.25, 0.3) is 11.3 Å². The van der Waals surface area contributed by atoms with Crippen LogP contribution >= 0.6 is 0 Å². The number of phenolic OH excluding ortho intramolecular Hbond substituents is 1. The van der Waals surface area contributed by atoms with Crippen LogP contribution in [0.15, 0.2) is 30.3 Å². The lowest BCUT2D eigenvalue weighted by Crippen LogP contribution is -2.17. The fourth-order valence-corrected chi connectivity index (χ4v) is 1.49. The van der Waals surface area contributed by atoms with Crippen molar-refractivity contribution < 1.29 is 27.8 Å². The van der Waals surface area contributed by atoms with Gasteiger partial charge in [0.15, 0.2) is 0 Å². The molecule has 0 fully saturated rings. The van der Waals surface area contributed by atoms with Crippen molar-refractivity contribution in [2.45, 2.75) is 6.36 Å². The minimum atomic E-state index is -4.81. The molecule has 0 amide bonds. The van der Waals surface area contributed by atoms with E-state index in [0.29, 0.717) is 0 Å². The number of ether oxygens (including phenoxy) is 2. The van der Waals surface area contributed by atoms with Crippen LogP contribution in [0.2, 0.25) is 0 Å². The maximum absolute atomic E-state index is 12.1. The molecule has 5 nitrogen and oxygen atoms in total. The Morgan fingerprint density at radius 2 is 1.85 bits per heavy atom. The van der Waals surface area contributed by atoms with Gasteiger partial charge >= 0.3 is 6.36 Å². The van der Waals surface area contributed by atoms with Crippen molar-refractivity contribution in [3.05, 3.63) is 30.3 Å². The van der Waals surface area contributed by atoms with E-state index in [2.05, 4.69) is 14.9 Å². The summed E-state index contributed by atoms with van der Waals surface area (Å²) >= 11 is 0. The van der Waals surface area contributed by atoms with Crippen LogP contribution in [-0.4, -0.2) is 28.8 Å². The molecule has 2 rings (SSSR count). The van der Waals surface area contributed by atoms with E-state index in [-0.39, 0.29) is 22.9 Å². The van der Waals surface area contributed by atoms with Crippen LogP contribution in [0.3, 0.4) is 0 Å². The van der Waals surface area contributed by atoms with Gasteiger partial charge in [-0.3, -0.25) is 0 Å². The standard InChI is InChI=1S/C12H9F3N2O3/c1-19-11-5-3-9(16-17-11)8-6-7(2-4-10(8)18)20-12(13,14)15/h2-6,18H,1H3. The number of hydrogen-bond donors (Lipinski definition) is 1. The van der Waals surface area contributed by atoms with E-state index >= 15 is 0 Å². The number of phenols is 1. The second-order valence-corrected chi connectivity index (χ2v) is 3.69. The summed E-state index contributed by atoms with van der Waals surface area (Å²) < 4.78 is 45.0. The van der Waals surface area contributed by atoms with Gasteiger partial charge in [-0.05, 0) is 24.3 Å². The Morgan fingerprint density at radius 3 is 2.40 bits per heavy atom. The molecule has 1 heterocycles. The number of aromatic nitrogens is 2. The molecule has 1 N–H and O–H groups in total. The van der Waals surface area contributed by atoms with Gasteiger partial charge in [-0.15, -0.1) is 23.4 Å². The lowest BCUT2D eigenvalue weighted by atomic mass is 10.1. The van der Waals surface area contributed by atoms with Crippen LogP contribution in [0.4, 0.5) is 13.2 Å². The second kappa shape index (κ2) is 5.24. The highest BCUT2D eigenvalue weighted by atomic mass is 19.4. The summed E-state index contributed by atoms with van der Waals surface area (Å²) in [5.41, 5.74) is 0.262. The molecule has 0 atom stereocenters. The van der Waals surface area contributed by atoms with Gasteiger partial charge in [-0.25, -0.2) is 0 Å². The van der Waals surface area contributed by atoms with Crippen molar-refractivity contribution in [1.29, 1.82) is 0 Å². The number of methoxy groups -OCH3 is 1. The summed E-state index contributed by atoms with van der Waals surface area (Å²) in [5.74, 6) is -0.446. The minimum Gasteiger partial charge on any atom is -0.507 e. The summed E-state index contributed by atoms with van der Waals surface area (Å²) in [6.45, 7) is 0. The summed E-state index contributed by atoms with van der Waals surface area (Å²) in [6, 6.07) is 6.04. The molecule has 106 valence electrons. The molecule has 0 saturated heterocycles. The van der Waals surface area contributed by atoms with E-state index in [1.807, 2.05) is 0 Å². The Kier molecular flexibility index (Phi) is 3.64. The molecular weight excluding hydrogens is 277 g/mol.